The molecular formula is C13H9NO3. The van der Waals surface area contributed by atoms with Gasteiger partial charge in [-0.1, -0.05) is 12.1 Å². The summed E-state index contributed by atoms with van der Waals surface area (Å²) in [5.41, 5.74) is 1.39. The third kappa shape index (κ3) is 1.30. The van der Waals surface area contributed by atoms with Gasteiger partial charge in [-0.05, 0) is 18.2 Å². The van der Waals surface area contributed by atoms with Crippen molar-refractivity contribution in [1.82, 2.24) is 4.57 Å². The van der Waals surface area contributed by atoms with Crippen LogP contribution in [0.2, 0.25) is 0 Å². The van der Waals surface area contributed by atoms with E-state index in [1.165, 1.54) is 13.0 Å². The molecule has 0 radical (unpaired) electrons. The van der Waals surface area contributed by atoms with E-state index < -0.39 is 5.97 Å². The molecule has 0 atom stereocenters. The van der Waals surface area contributed by atoms with E-state index in [-0.39, 0.29) is 5.91 Å². The number of carbonyl (C=O) groups excluding carboxylic acids is 2. The number of hydrogen-bond donors (Lipinski definition) is 0. The molecule has 4 heteroatoms. The lowest BCUT2D eigenvalue weighted by molar-refractivity contribution is -0.131. The minimum Gasteiger partial charge on any atom is -0.424 e. The van der Waals surface area contributed by atoms with Crippen LogP contribution in [0.15, 0.2) is 30.3 Å². The summed E-state index contributed by atoms with van der Waals surface area (Å²) in [6.45, 7) is 1.35. The summed E-state index contributed by atoms with van der Waals surface area (Å²) in [5, 5.41) is 0.774. The predicted molar refractivity (Wildman–Crippen MR) is 62.9 cm³/mol. The number of rotatable bonds is 1. The summed E-state index contributed by atoms with van der Waals surface area (Å²) in [6, 6.07) is 7.36. The molecule has 0 saturated carbocycles. The third-order valence-corrected chi connectivity index (χ3v) is 2.71. The summed E-state index contributed by atoms with van der Waals surface area (Å²) in [4.78, 5) is 22.8. The van der Waals surface area contributed by atoms with Crippen LogP contribution < -0.4 is 4.74 Å². The Kier molecular flexibility index (Phi) is 1.92. The van der Waals surface area contributed by atoms with Crippen LogP contribution in [0.3, 0.4) is 0 Å². The number of ether oxygens (including phenoxy) is 1. The highest BCUT2D eigenvalue weighted by Crippen LogP contribution is 2.36. The molecule has 0 saturated heterocycles. The van der Waals surface area contributed by atoms with Gasteiger partial charge in [-0.15, -0.1) is 0 Å². The highest BCUT2D eigenvalue weighted by atomic mass is 16.5. The van der Waals surface area contributed by atoms with E-state index in [9.17, 15) is 9.59 Å². The first-order valence-corrected chi connectivity index (χ1v) is 5.23. The van der Waals surface area contributed by atoms with E-state index in [1.807, 2.05) is 24.3 Å². The summed E-state index contributed by atoms with van der Waals surface area (Å²) in [5.74, 6) is -0.0540. The first kappa shape index (κ1) is 9.84. The standard InChI is InChI=1S/C13H9NO3/c1-8(15)17-13-9-4-2-3-5-10(9)14-11(13)6-7-12(14)16/h2-7H,1H3. The topological polar surface area (TPSA) is 48.3 Å². The van der Waals surface area contributed by atoms with Crippen molar-refractivity contribution in [3.63, 3.8) is 0 Å². The van der Waals surface area contributed by atoms with Gasteiger partial charge >= 0.3 is 5.97 Å². The molecule has 1 aliphatic heterocycles. The van der Waals surface area contributed by atoms with E-state index in [2.05, 4.69) is 0 Å². The number of hydrogen-bond acceptors (Lipinski definition) is 3. The normalized spacial score (nSPS) is 13.1. The number of para-hydroxylation sites is 1. The predicted octanol–water partition coefficient (Wildman–Crippen LogP) is 2.23. The average Bonchev–Trinajstić information content (AvgIpc) is 2.80. The van der Waals surface area contributed by atoms with Crippen LogP contribution in [0, 0.1) is 0 Å². The van der Waals surface area contributed by atoms with Crippen LogP contribution in [0.25, 0.3) is 17.0 Å². The van der Waals surface area contributed by atoms with Gasteiger partial charge in [0, 0.05) is 18.4 Å². The third-order valence-electron chi connectivity index (χ3n) is 2.71. The van der Waals surface area contributed by atoms with Crippen LogP contribution in [0.1, 0.15) is 17.4 Å². The Morgan fingerprint density at radius 1 is 1.24 bits per heavy atom. The highest BCUT2D eigenvalue weighted by Gasteiger charge is 2.24. The number of esters is 1. The molecule has 0 fully saturated rings. The summed E-state index contributed by atoms with van der Waals surface area (Å²) < 4.78 is 6.74. The van der Waals surface area contributed by atoms with Gasteiger partial charge in [0.1, 0.15) is 0 Å². The molecular weight excluding hydrogens is 218 g/mol. The van der Waals surface area contributed by atoms with Crippen molar-refractivity contribution in [2.75, 3.05) is 0 Å². The first-order chi connectivity index (χ1) is 8.18. The molecule has 2 heterocycles. The monoisotopic (exact) mass is 227 g/mol. The fourth-order valence-electron chi connectivity index (χ4n) is 2.09. The second-order valence-electron chi connectivity index (χ2n) is 3.83. The van der Waals surface area contributed by atoms with Gasteiger partial charge in [-0.3, -0.25) is 14.2 Å². The van der Waals surface area contributed by atoms with Crippen LogP contribution in [-0.2, 0) is 4.79 Å². The molecule has 0 N–H and O–H groups in total. The van der Waals surface area contributed by atoms with Gasteiger partial charge in [0.2, 0.25) is 0 Å². The summed E-state index contributed by atoms with van der Waals surface area (Å²) >= 11 is 0. The second kappa shape index (κ2) is 3.31. The maximum absolute atomic E-state index is 11.7. The van der Waals surface area contributed by atoms with Crippen molar-refractivity contribution in [3.05, 3.63) is 36.0 Å². The Labute approximate surface area is 97.1 Å². The Morgan fingerprint density at radius 2 is 2.00 bits per heavy atom. The number of aromatic nitrogens is 1. The molecule has 17 heavy (non-hydrogen) atoms. The lowest BCUT2D eigenvalue weighted by Gasteiger charge is -1.99. The minimum atomic E-state index is -0.392. The Bertz CT molecular complexity index is 679. The Balaban J connectivity index is 2.37. The number of benzene rings is 1. The van der Waals surface area contributed by atoms with Crippen molar-refractivity contribution in [1.29, 1.82) is 0 Å². The van der Waals surface area contributed by atoms with Crippen molar-refractivity contribution in [3.8, 4) is 5.75 Å². The van der Waals surface area contributed by atoms with Crippen molar-refractivity contribution >= 4 is 28.9 Å². The van der Waals surface area contributed by atoms with Gasteiger partial charge in [0.25, 0.3) is 5.91 Å². The molecule has 1 aromatic heterocycles. The van der Waals surface area contributed by atoms with Gasteiger partial charge in [-0.25, -0.2) is 0 Å². The van der Waals surface area contributed by atoms with Crippen molar-refractivity contribution in [2.45, 2.75) is 6.92 Å². The Morgan fingerprint density at radius 3 is 2.76 bits per heavy atom. The fourth-order valence-corrected chi connectivity index (χ4v) is 2.09. The maximum Gasteiger partial charge on any atom is 0.308 e. The zero-order chi connectivity index (χ0) is 12.0. The highest BCUT2D eigenvalue weighted by molar-refractivity contribution is 6.10. The molecule has 1 aromatic carbocycles. The molecule has 4 nitrogen and oxygen atoms in total. The summed E-state index contributed by atoms with van der Waals surface area (Å²) in [7, 11) is 0. The number of fused-ring (bicyclic) bond motifs is 3. The number of carbonyl (C=O) groups is 2. The lowest BCUT2D eigenvalue weighted by atomic mass is 10.2. The SMILES string of the molecule is CC(=O)Oc1c2n(c3ccccc13)C(=O)C=C2. The number of nitrogens with zero attached hydrogens (tertiary/aromatic N) is 1. The van der Waals surface area contributed by atoms with Gasteiger partial charge < -0.3 is 4.74 Å². The van der Waals surface area contributed by atoms with Gasteiger partial charge in [0.15, 0.2) is 5.75 Å². The van der Waals surface area contributed by atoms with Crippen molar-refractivity contribution < 1.29 is 14.3 Å². The molecule has 3 rings (SSSR count). The van der Waals surface area contributed by atoms with Crippen LogP contribution in [0.4, 0.5) is 0 Å². The van der Waals surface area contributed by atoms with E-state index in [0.717, 1.165) is 10.9 Å². The molecule has 0 aliphatic carbocycles. The Hall–Kier alpha value is -2.36. The second-order valence-corrected chi connectivity index (χ2v) is 3.83. The molecule has 84 valence electrons. The van der Waals surface area contributed by atoms with E-state index in [0.29, 0.717) is 11.4 Å². The fraction of sp³-hybridized carbons (Fsp3) is 0.0769. The van der Waals surface area contributed by atoms with Crippen LogP contribution in [-0.4, -0.2) is 16.4 Å². The van der Waals surface area contributed by atoms with Crippen LogP contribution >= 0.6 is 0 Å². The maximum atomic E-state index is 11.7. The van der Waals surface area contributed by atoms with E-state index in [1.54, 1.807) is 10.6 Å². The zero-order valence-corrected chi connectivity index (χ0v) is 9.14. The quantitative estimate of drug-likeness (QED) is 0.702. The van der Waals surface area contributed by atoms with Gasteiger partial charge in [0.05, 0.1) is 11.2 Å². The molecule has 0 bridgehead atoms. The smallest absolute Gasteiger partial charge is 0.308 e. The molecule has 0 spiro atoms. The molecule has 1 aliphatic rings. The first-order valence-electron chi connectivity index (χ1n) is 5.23. The minimum absolute atomic E-state index is 0.116. The van der Waals surface area contributed by atoms with E-state index in [4.69, 9.17) is 4.74 Å². The van der Waals surface area contributed by atoms with Crippen LogP contribution in [0.5, 0.6) is 5.75 Å². The molecule has 0 unspecified atom stereocenters. The molecule has 2 aromatic rings. The molecule has 0 amide bonds. The average molecular weight is 227 g/mol. The lowest BCUT2D eigenvalue weighted by Crippen LogP contribution is -2.04. The summed E-state index contributed by atoms with van der Waals surface area (Å²) in [6.07, 6.45) is 3.13. The number of allylic oxidation sites excluding steroid dienone is 1. The van der Waals surface area contributed by atoms with Gasteiger partial charge in [-0.2, -0.15) is 0 Å². The van der Waals surface area contributed by atoms with Crippen molar-refractivity contribution in [2.24, 2.45) is 0 Å². The van der Waals surface area contributed by atoms with E-state index >= 15 is 0 Å². The zero-order valence-electron chi connectivity index (χ0n) is 9.14. The largest absolute Gasteiger partial charge is 0.424 e.